The topological polar surface area (TPSA) is 58.4 Å². The summed E-state index contributed by atoms with van der Waals surface area (Å²) in [4.78, 5) is 13.5. The Balaban J connectivity index is 2.40. The van der Waals surface area contributed by atoms with E-state index < -0.39 is 0 Å². The monoisotopic (exact) mass is 309 g/mol. The number of nitrogens with one attached hydrogen (secondary N) is 1. The van der Waals surface area contributed by atoms with Gasteiger partial charge in [-0.3, -0.25) is 10.1 Å². The maximum atomic E-state index is 11.6. The molecule has 0 spiro atoms. The van der Waals surface area contributed by atoms with E-state index in [4.69, 9.17) is 0 Å². The summed E-state index contributed by atoms with van der Waals surface area (Å²) in [6.07, 6.45) is 0.940. The molecule has 1 heterocycles. The Morgan fingerprint density at radius 2 is 2.24 bits per heavy atom. The molecule has 1 aliphatic rings. The highest BCUT2D eigenvalue weighted by atomic mass is 32.2. The van der Waals surface area contributed by atoms with E-state index in [0.29, 0.717) is 17.0 Å². The van der Waals surface area contributed by atoms with Crippen LogP contribution < -0.4 is 10.2 Å². The van der Waals surface area contributed by atoms with Gasteiger partial charge < -0.3 is 10.2 Å². The molecule has 21 heavy (non-hydrogen) atoms. The van der Waals surface area contributed by atoms with Crippen LogP contribution in [0.15, 0.2) is 18.2 Å². The van der Waals surface area contributed by atoms with Crippen LogP contribution in [0.2, 0.25) is 0 Å². The summed E-state index contributed by atoms with van der Waals surface area (Å²) in [6, 6.07) is 5.86. The van der Waals surface area contributed by atoms with E-state index in [1.807, 2.05) is 30.8 Å². The first-order valence-corrected chi connectivity index (χ1v) is 8.50. The van der Waals surface area contributed by atoms with Gasteiger partial charge in [-0.15, -0.1) is 0 Å². The standard InChI is InChI=1S/C15H23N3O2S/c1-4-8-16-13-6-5-7-14(15(13)18(19)20)17-9-10-21-12(3)11(17)2/h5-7,11-12,16H,4,8-10H2,1-3H3. The van der Waals surface area contributed by atoms with Gasteiger partial charge in [0, 0.05) is 30.1 Å². The van der Waals surface area contributed by atoms with Gasteiger partial charge in [0.05, 0.1) is 4.92 Å². The molecule has 0 radical (unpaired) electrons. The average molecular weight is 309 g/mol. The summed E-state index contributed by atoms with van der Waals surface area (Å²) < 4.78 is 0. The highest BCUT2D eigenvalue weighted by molar-refractivity contribution is 8.00. The van der Waals surface area contributed by atoms with Crippen LogP contribution in [0.1, 0.15) is 27.2 Å². The first kappa shape index (κ1) is 15.9. The Morgan fingerprint density at radius 3 is 2.90 bits per heavy atom. The summed E-state index contributed by atoms with van der Waals surface area (Å²) in [7, 11) is 0. The van der Waals surface area contributed by atoms with Gasteiger partial charge in [-0.2, -0.15) is 11.8 Å². The van der Waals surface area contributed by atoms with E-state index >= 15 is 0 Å². The van der Waals surface area contributed by atoms with Crippen LogP contribution in [0.5, 0.6) is 0 Å². The van der Waals surface area contributed by atoms with Crippen LogP contribution in [0.25, 0.3) is 0 Å². The Hall–Kier alpha value is -1.43. The van der Waals surface area contributed by atoms with E-state index in [9.17, 15) is 10.1 Å². The van der Waals surface area contributed by atoms with Crippen molar-refractivity contribution in [3.63, 3.8) is 0 Å². The van der Waals surface area contributed by atoms with Crippen molar-refractivity contribution in [1.82, 2.24) is 0 Å². The molecule has 1 saturated heterocycles. The maximum absolute atomic E-state index is 11.6. The van der Waals surface area contributed by atoms with Crippen LogP contribution in [-0.4, -0.2) is 35.1 Å². The highest BCUT2D eigenvalue weighted by Gasteiger charge is 2.31. The lowest BCUT2D eigenvalue weighted by Gasteiger charge is -2.39. The molecule has 0 aromatic heterocycles. The number of nitro groups is 1. The zero-order valence-corrected chi connectivity index (χ0v) is 13.7. The number of anilines is 2. The first-order chi connectivity index (χ1) is 10.1. The molecule has 0 aliphatic carbocycles. The van der Waals surface area contributed by atoms with Gasteiger partial charge in [-0.1, -0.05) is 19.9 Å². The number of para-hydroxylation sites is 1. The number of nitrogens with zero attached hydrogens (tertiary/aromatic N) is 2. The molecule has 0 amide bonds. The van der Waals surface area contributed by atoms with Crippen LogP contribution in [0.3, 0.4) is 0 Å². The molecule has 0 bridgehead atoms. The minimum atomic E-state index is -0.257. The summed E-state index contributed by atoms with van der Waals surface area (Å²) >= 11 is 1.93. The zero-order chi connectivity index (χ0) is 15.4. The Kier molecular flexibility index (Phi) is 5.33. The fraction of sp³-hybridized carbons (Fsp3) is 0.600. The van der Waals surface area contributed by atoms with Gasteiger partial charge in [0.1, 0.15) is 11.4 Å². The summed E-state index contributed by atoms with van der Waals surface area (Å²) in [6.45, 7) is 7.98. The SMILES string of the molecule is CCCNc1cccc(N2CCSC(C)C2C)c1[N+](=O)[O-]. The van der Waals surface area contributed by atoms with Crippen molar-refractivity contribution < 1.29 is 4.92 Å². The molecule has 2 atom stereocenters. The molecule has 1 N–H and O–H groups in total. The predicted octanol–water partition coefficient (Wildman–Crippen LogP) is 3.75. The quantitative estimate of drug-likeness (QED) is 0.663. The largest absolute Gasteiger partial charge is 0.379 e. The minimum absolute atomic E-state index is 0.205. The molecule has 2 unspecified atom stereocenters. The van der Waals surface area contributed by atoms with Gasteiger partial charge >= 0.3 is 5.69 Å². The van der Waals surface area contributed by atoms with E-state index in [0.717, 1.165) is 31.0 Å². The van der Waals surface area contributed by atoms with E-state index in [2.05, 4.69) is 24.1 Å². The van der Waals surface area contributed by atoms with Gasteiger partial charge in [-0.05, 0) is 25.5 Å². The van der Waals surface area contributed by atoms with Crippen LogP contribution in [0, 0.1) is 10.1 Å². The predicted molar refractivity (Wildman–Crippen MR) is 90.6 cm³/mol. The average Bonchev–Trinajstić information content (AvgIpc) is 2.47. The number of thioether (sulfide) groups is 1. The second-order valence-corrected chi connectivity index (χ2v) is 6.85. The molecule has 2 rings (SSSR count). The second kappa shape index (κ2) is 7.02. The summed E-state index contributed by atoms with van der Waals surface area (Å²) in [5.74, 6) is 1.01. The minimum Gasteiger partial charge on any atom is -0.379 e. The number of benzene rings is 1. The van der Waals surface area contributed by atoms with Crippen molar-refractivity contribution in [2.75, 3.05) is 29.1 Å². The lowest BCUT2D eigenvalue weighted by molar-refractivity contribution is -0.383. The molecule has 1 fully saturated rings. The molecule has 5 nitrogen and oxygen atoms in total. The van der Waals surface area contributed by atoms with Gasteiger partial charge in [-0.25, -0.2) is 0 Å². The third kappa shape index (κ3) is 3.43. The molecule has 1 aromatic rings. The normalized spacial score (nSPS) is 22.1. The summed E-state index contributed by atoms with van der Waals surface area (Å²) in [5, 5.41) is 15.2. The maximum Gasteiger partial charge on any atom is 0.315 e. The number of hydrogen-bond acceptors (Lipinski definition) is 5. The first-order valence-electron chi connectivity index (χ1n) is 7.45. The second-order valence-electron chi connectivity index (χ2n) is 5.37. The van der Waals surface area contributed by atoms with Crippen molar-refractivity contribution in [3.05, 3.63) is 28.3 Å². The molecule has 1 aromatic carbocycles. The van der Waals surface area contributed by atoms with Gasteiger partial charge in [0.15, 0.2) is 0 Å². The van der Waals surface area contributed by atoms with E-state index in [1.165, 1.54) is 0 Å². The lowest BCUT2D eigenvalue weighted by Crippen LogP contribution is -2.45. The number of rotatable bonds is 5. The third-order valence-electron chi connectivity index (χ3n) is 3.96. The van der Waals surface area contributed by atoms with Crippen molar-refractivity contribution in [3.8, 4) is 0 Å². The Bertz CT molecular complexity index is 510. The van der Waals surface area contributed by atoms with Crippen molar-refractivity contribution in [2.45, 2.75) is 38.5 Å². The Labute approximate surface area is 130 Å². The van der Waals surface area contributed by atoms with Crippen LogP contribution >= 0.6 is 11.8 Å². The van der Waals surface area contributed by atoms with E-state index in [1.54, 1.807) is 6.07 Å². The van der Waals surface area contributed by atoms with Crippen molar-refractivity contribution in [1.29, 1.82) is 0 Å². The summed E-state index contributed by atoms with van der Waals surface area (Å²) in [5.41, 5.74) is 1.56. The third-order valence-corrected chi connectivity index (χ3v) is 5.29. The zero-order valence-electron chi connectivity index (χ0n) is 12.8. The number of nitro benzene ring substituents is 1. The highest BCUT2D eigenvalue weighted by Crippen LogP contribution is 2.39. The molecule has 1 aliphatic heterocycles. The fourth-order valence-corrected chi connectivity index (χ4v) is 3.73. The number of hydrogen-bond donors (Lipinski definition) is 1. The molecule has 6 heteroatoms. The lowest BCUT2D eigenvalue weighted by atomic mass is 10.1. The van der Waals surface area contributed by atoms with Crippen molar-refractivity contribution >= 4 is 28.8 Å². The molecular weight excluding hydrogens is 286 g/mol. The van der Waals surface area contributed by atoms with Crippen LogP contribution in [0.4, 0.5) is 17.1 Å². The van der Waals surface area contributed by atoms with Gasteiger partial charge in [0.2, 0.25) is 0 Å². The van der Waals surface area contributed by atoms with Crippen molar-refractivity contribution in [2.24, 2.45) is 0 Å². The molecular formula is C15H23N3O2S. The molecule has 116 valence electrons. The smallest absolute Gasteiger partial charge is 0.315 e. The molecule has 0 saturated carbocycles. The van der Waals surface area contributed by atoms with Gasteiger partial charge in [0.25, 0.3) is 0 Å². The van der Waals surface area contributed by atoms with E-state index in [-0.39, 0.29) is 10.6 Å². The fourth-order valence-electron chi connectivity index (χ4n) is 2.63. The Morgan fingerprint density at radius 1 is 1.48 bits per heavy atom. The van der Waals surface area contributed by atoms with Crippen LogP contribution in [-0.2, 0) is 0 Å².